The summed E-state index contributed by atoms with van der Waals surface area (Å²) in [7, 11) is 0. The van der Waals surface area contributed by atoms with Gasteiger partial charge in [0.25, 0.3) is 5.56 Å². The van der Waals surface area contributed by atoms with Gasteiger partial charge in [0, 0.05) is 16.9 Å². The Balaban J connectivity index is 2.70. The average molecular weight is 247 g/mol. The van der Waals surface area contributed by atoms with Gasteiger partial charge in [0.1, 0.15) is 0 Å². The molecule has 0 aliphatic rings. The van der Waals surface area contributed by atoms with Gasteiger partial charge in [0.05, 0.1) is 5.69 Å². The van der Waals surface area contributed by atoms with E-state index in [0.717, 1.165) is 11.1 Å². The first-order valence-electron chi connectivity index (χ1n) is 5.26. The highest BCUT2D eigenvalue weighted by molar-refractivity contribution is 7.79. The second-order valence-corrected chi connectivity index (χ2v) is 4.15. The van der Waals surface area contributed by atoms with E-state index in [1.54, 1.807) is 6.07 Å². The van der Waals surface area contributed by atoms with Gasteiger partial charge < -0.3 is 5.21 Å². The fourth-order valence-electron chi connectivity index (χ4n) is 1.77. The molecule has 3 nitrogen and oxygen atoms in total. The van der Waals surface area contributed by atoms with Crippen LogP contribution in [-0.4, -0.2) is 9.94 Å². The van der Waals surface area contributed by atoms with Gasteiger partial charge in [0.15, 0.2) is 0 Å². The molecule has 0 atom stereocenters. The van der Waals surface area contributed by atoms with Crippen LogP contribution in [0.3, 0.4) is 0 Å². The van der Waals surface area contributed by atoms with Crippen molar-refractivity contribution < 1.29 is 5.21 Å². The van der Waals surface area contributed by atoms with Crippen LogP contribution in [0, 0.1) is 6.92 Å². The zero-order valence-electron chi connectivity index (χ0n) is 9.42. The van der Waals surface area contributed by atoms with Crippen molar-refractivity contribution in [3.8, 4) is 11.3 Å². The molecule has 0 aliphatic carbocycles. The highest BCUT2D eigenvalue weighted by Gasteiger charge is 2.11. The van der Waals surface area contributed by atoms with E-state index < -0.39 is 5.56 Å². The Labute approximate surface area is 105 Å². The van der Waals surface area contributed by atoms with E-state index in [2.05, 4.69) is 12.6 Å². The zero-order valence-corrected chi connectivity index (χ0v) is 10.3. The Morgan fingerprint density at radius 1 is 1.29 bits per heavy atom. The van der Waals surface area contributed by atoms with E-state index in [4.69, 9.17) is 0 Å². The summed E-state index contributed by atoms with van der Waals surface area (Å²) in [6.07, 6.45) is 0. The standard InChI is InChI=1S/C13H13NO2S/c1-9-7-12(10-5-3-2-4-6-10)14(16)13(15)11(9)8-17/h2-7,16-17H,8H2,1H3. The highest BCUT2D eigenvalue weighted by atomic mass is 32.1. The summed E-state index contributed by atoms with van der Waals surface area (Å²) in [6.45, 7) is 1.85. The third-order valence-electron chi connectivity index (χ3n) is 2.74. The lowest BCUT2D eigenvalue weighted by Gasteiger charge is -2.10. The zero-order chi connectivity index (χ0) is 12.4. The second-order valence-electron chi connectivity index (χ2n) is 3.83. The Bertz CT molecular complexity index is 590. The molecule has 0 amide bonds. The topological polar surface area (TPSA) is 42.2 Å². The van der Waals surface area contributed by atoms with E-state index >= 15 is 0 Å². The quantitative estimate of drug-likeness (QED) is 0.632. The van der Waals surface area contributed by atoms with Gasteiger partial charge in [-0.1, -0.05) is 30.3 Å². The fourth-order valence-corrected chi connectivity index (χ4v) is 2.15. The van der Waals surface area contributed by atoms with Crippen molar-refractivity contribution >= 4 is 12.6 Å². The Hall–Kier alpha value is -1.68. The number of pyridine rings is 1. The third kappa shape index (κ3) is 2.08. The van der Waals surface area contributed by atoms with Crippen LogP contribution in [0.15, 0.2) is 41.2 Å². The van der Waals surface area contributed by atoms with E-state index in [9.17, 15) is 10.0 Å². The lowest BCUT2D eigenvalue weighted by Crippen LogP contribution is -2.24. The third-order valence-corrected chi connectivity index (χ3v) is 3.05. The van der Waals surface area contributed by atoms with Crippen molar-refractivity contribution in [3.05, 3.63) is 57.9 Å². The molecule has 0 bridgehead atoms. The van der Waals surface area contributed by atoms with Crippen LogP contribution in [0.5, 0.6) is 0 Å². The molecule has 1 aromatic heterocycles. The summed E-state index contributed by atoms with van der Waals surface area (Å²) in [5.41, 5.74) is 2.27. The highest BCUT2D eigenvalue weighted by Crippen LogP contribution is 2.19. The summed E-state index contributed by atoms with van der Waals surface area (Å²) in [5, 5.41) is 9.86. The number of nitrogens with zero attached hydrogens (tertiary/aromatic N) is 1. The van der Waals surface area contributed by atoms with Gasteiger partial charge in [0.2, 0.25) is 0 Å². The molecule has 2 aromatic rings. The SMILES string of the molecule is Cc1cc(-c2ccccc2)n(O)c(=O)c1CS. The minimum Gasteiger partial charge on any atom is -0.425 e. The minimum absolute atomic E-state index is 0.320. The van der Waals surface area contributed by atoms with Crippen LogP contribution in [0.4, 0.5) is 0 Å². The summed E-state index contributed by atoms with van der Waals surface area (Å²) in [4.78, 5) is 11.9. The fraction of sp³-hybridized carbons (Fsp3) is 0.154. The second kappa shape index (κ2) is 4.67. The summed E-state index contributed by atoms with van der Waals surface area (Å²) >= 11 is 4.09. The number of thiol groups is 1. The molecule has 1 aromatic carbocycles. The number of aromatic nitrogens is 1. The van der Waals surface area contributed by atoms with Gasteiger partial charge in [-0.3, -0.25) is 4.79 Å². The Morgan fingerprint density at radius 3 is 2.53 bits per heavy atom. The van der Waals surface area contributed by atoms with Crippen LogP contribution in [0.1, 0.15) is 11.1 Å². The molecule has 0 aliphatic heterocycles. The van der Waals surface area contributed by atoms with Gasteiger partial charge in [-0.05, 0) is 18.6 Å². The van der Waals surface area contributed by atoms with Crippen LogP contribution >= 0.6 is 12.6 Å². The Morgan fingerprint density at radius 2 is 1.94 bits per heavy atom. The average Bonchev–Trinajstić information content (AvgIpc) is 2.35. The molecule has 0 unspecified atom stereocenters. The number of rotatable bonds is 2. The van der Waals surface area contributed by atoms with Crippen molar-refractivity contribution in [1.29, 1.82) is 0 Å². The predicted molar refractivity (Wildman–Crippen MR) is 70.7 cm³/mol. The molecule has 1 heterocycles. The lowest BCUT2D eigenvalue weighted by molar-refractivity contribution is 0.179. The van der Waals surface area contributed by atoms with Crippen molar-refractivity contribution in [1.82, 2.24) is 4.73 Å². The number of benzene rings is 1. The largest absolute Gasteiger partial charge is 0.425 e. The van der Waals surface area contributed by atoms with Crippen molar-refractivity contribution in [3.63, 3.8) is 0 Å². The molecule has 0 saturated heterocycles. The van der Waals surface area contributed by atoms with Crippen molar-refractivity contribution in [2.24, 2.45) is 0 Å². The monoisotopic (exact) mass is 247 g/mol. The molecule has 0 radical (unpaired) electrons. The molecule has 0 fully saturated rings. The first-order valence-corrected chi connectivity index (χ1v) is 5.89. The van der Waals surface area contributed by atoms with E-state index in [1.807, 2.05) is 37.3 Å². The number of hydrogen-bond donors (Lipinski definition) is 2. The molecule has 4 heteroatoms. The molecule has 2 rings (SSSR count). The summed E-state index contributed by atoms with van der Waals surface area (Å²) in [5.74, 6) is 0.320. The first-order chi connectivity index (χ1) is 8.15. The van der Waals surface area contributed by atoms with Gasteiger partial charge >= 0.3 is 0 Å². The summed E-state index contributed by atoms with van der Waals surface area (Å²) in [6, 6.07) is 11.1. The van der Waals surface area contributed by atoms with Crippen LogP contribution < -0.4 is 5.56 Å². The molecular weight excluding hydrogens is 234 g/mol. The maximum atomic E-state index is 11.9. The number of hydrogen-bond acceptors (Lipinski definition) is 3. The van der Waals surface area contributed by atoms with Crippen molar-refractivity contribution in [2.75, 3.05) is 0 Å². The molecule has 0 spiro atoms. The lowest BCUT2D eigenvalue weighted by atomic mass is 10.1. The van der Waals surface area contributed by atoms with E-state index in [0.29, 0.717) is 21.7 Å². The maximum Gasteiger partial charge on any atom is 0.287 e. The maximum absolute atomic E-state index is 11.9. The van der Waals surface area contributed by atoms with Crippen molar-refractivity contribution in [2.45, 2.75) is 12.7 Å². The Kier molecular flexibility index (Phi) is 3.24. The van der Waals surface area contributed by atoms with Crippen LogP contribution in [-0.2, 0) is 5.75 Å². The molecule has 0 saturated carbocycles. The van der Waals surface area contributed by atoms with Crippen LogP contribution in [0.25, 0.3) is 11.3 Å². The first kappa shape index (κ1) is 11.8. The van der Waals surface area contributed by atoms with E-state index in [-0.39, 0.29) is 0 Å². The van der Waals surface area contributed by atoms with Gasteiger partial charge in [-0.2, -0.15) is 12.6 Å². The minimum atomic E-state index is -0.404. The summed E-state index contributed by atoms with van der Waals surface area (Å²) < 4.78 is 0.688. The van der Waals surface area contributed by atoms with Gasteiger partial charge in [-0.15, -0.1) is 4.73 Å². The normalized spacial score (nSPS) is 10.5. The molecule has 1 N–H and O–H groups in total. The van der Waals surface area contributed by atoms with Gasteiger partial charge in [-0.25, -0.2) is 0 Å². The smallest absolute Gasteiger partial charge is 0.287 e. The molecule has 88 valence electrons. The molecule has 17 heavy (non-hydrogen) atoms. The predicted octanol–water partition coefficient (Wildman–Crippen LogP) is 2.49. The number of aryl methyl sites for hydroxylation is 1. The molecular formula is C13H13NO2S. The van der Waals surface area contributed by atoms with Crippen LogP contribution in [0.2, 0.25) is 0 Å². The van der Waals surface area contributed by atoms with E-state index in [1.165, 1.54) is 0 Å².